The average Bonchev–Trinajstić information content (AvgIpc) is 2.66. The zero-order chi connectivity index (χ0) is 12.3. The van der Waals surface area contributed by atoms with E-state index in [0.29, 0.717) is 5.54 Å². The molecule has 1 heterocycles. The SMILES string of the molecule is CCC1(CC)CN(C2CCCC2C)CCCN1. The van der Waals surface area contributed by atoms with E-state index in [-0.39, 0.29) is 0 Å². The Morgan fingerprint density at radius 3 is 2.53 bits per heavy atom. The van der Waals surface area contributed by atoms with Crippen LogP contribution in [0.25, 0.3) is 0 Å². The Kier molecular flexibility index (Phi) is 4.48. The Balaban J connectivity index is 2.06. The highest BCUT2D eigenvalue weighted by molar-refractivity contribution is 4.94. The van der Waals surface area contributed by atoms with Gasteiger partial charge in [0, 0.05) is 18.1 Å². The molecule has 2 heteroatoms. The van der Waals surface area contributed by atoms with Crippen LogP contribution < -0.4 is 5.32 Å². The second-order valence-electron chi connectivity index (χ2n) is 6.21. The summed E-state index contributed by atoms with van der Waals surface area (Å²) in [7, 11) is 0. The van der Waals surface area contributed by atoms with Gasteiger partial charge in [0.1, 0.15) is 0 Å². The first kappa shape index (κ1) is 13.4. The van der Waals surface area contributed by atoms with Gasteiger partial charge < -0.3 is 5.32 Å². The first-order chi connectivity index (χ1) is 8.21. The van der Waals surface area contributed by atoms with Crippen LogP contribution in [0.2, 0.25) is 0 Å². The van der Waals surface area contributed by atoms with E-state index in [0.717, 1.165) is 12.0 Å². The van der Waals surface area contributed by atoms with Gasteiger partial charge in [0.05, 0.1) is 0 Å². The summed E-state index contributed by atoms with van der Waals surface area (Å²) in [5, 5.41) is 3.82. The van der Waals surface area contributed by atoms with Gasteiger partial charge in [0.2, 0.25) is 0 Å². The molecule has 17 heavy (non-hydrogen) atoms. The van der Waals surface area contributed by atoms with Gasteiger partial charge in [-0.1, -0.05) is 27.2 Å². The molecule has 2 atom stereocenters. The minimum atomic E-state index is 0.388. The van der Waals surface area contributed by atoms with Crippen LogP contribution >= 0.6 is 0 Å². The summed E-state index contributed by atoms with van der Waals surface area (Å²) in [6.45, 7) is 10.9. The summed E-state index contributed by atoms with van der Waals surface area (Å²) < 4.78 is 0. The van der Waals surface area contributed by atoms with Crippen molar-refractivity contribution in [2.24, 2.45) is 5.92 Å². The van der Waals surface area contributed by atoms with E-state index >= 15 is 0 Å². The van der Waals surface area contributed by atoms with Gasteiger partial charge in [-0.05, 0) is 51.1 Å². The molecule has 2 rings (SSSR count). The zero-order valence-corrected chi connectivity index (χ0v) is 12.0. The van der Waals surface area contributed by atoms with Crippen molar-refractivity contribution < 1.29 is 0 Å². The van der Waals surface area contributed by atoms with Gasteiger partial charge >= 0.3 is 0 Å². The molecular formula is C15H30N2. The van der Waals surface area contributed by atoms with Gasteiger partial charge in [-0.25, -0.2) is 0 Å². The molecule has 1 saturated heterocycles. The number of hydrogen-bond donors (Lipinski definition) is 1. The second kappa shape index (κ2) is 5.71. The molecule has 2 unspecified atom stereocenters. The molecular weight excluding hydrogens is 208 g/mol. The molecule has 1 saturated carbocycles. The molecule has 1 N–H and O–H groups in total. The van der Waals surface area contributed by atoms with Crippen molar-refractivity contribution in [3.8, 4) is 0 Å². The highest BCUT2D eigenvalue weighted by Crippen LogP contribution is 2.32. The molecule has 0 amide bonds. The van der Waals surface area contributed by atoms with E-state index in [1.54, 1.807) is 0 Å². The van der Waals surface area contributed by atoms with E-state index in [2.05, 4.69) is 31.0 Å². The maximum atomic E-state index is 3.82. The molecule has 1 aliphatic carbocycles. The Bertz CT molecular complexity index is 235. The summed E-state index contributed by atoms with van der Waals surface area (Å²) in [5.74, 6) is 0.916. The monoisotopic (exact) mass is 238 g/mol. The zero-order valence-electron chi connectivity index (χ0n) is 12.0. The van der Waals surface area contributed by atoms with E-state index in [9.17, 15) is 0 Å². The third-order valence-corrected chi connectivity index (χ3v) is 5.27. The molecule has 0 spiro atoms. The Morgan fingerprint density at radius 2 is 1.94 bits per heavy atom. The predicted molar refractivity (Wildman–Crippen MR) is 74.3 cm³/mol. The van der Waals surface area contributed by atoms with E-state index in [4.69, 9.17) is 0 Å². The number of rotatable bonds is 3. The highest BCUT2D eigenvalue weighted by Gasteiger charge is 2.36. The topological polar surface area (TPSA) is 15.3 Å². The van der Waals surface area contributed by atoms with Crippen LogP contribution in [0.5, 0.6) is 0 Å². The molecule has 2 nitrogen and oxygen atoms in total. The van der Waals surface area contributed by atoms with Gasteiger partial charge in [-0.3, -0.25) is 4.90 Å². The minimum Gasteiger partial charge on any atom is -0.310 e. The summed E-state index contributed by atoms with van der Waals surface area (Å²) in [6.07, 6.45) is 8.18. The first-order valence-corrected chi connectivity index (χ1v) is 7.70. The Hall–Kier alpha value is -0.0800. The fraction of sp³-hybridized carbons (Fsp3) is 1.00. The lowest BCUT2D eigenvalue weighted by Gasteiger charge is -2.39. The third kappa shape index (κ3) is 2.85. The maximum absolute atomic E-state index is 3.82. The second-order valence-corrected chi connectivity index (χ2v) is 6.21. The molecule has 0 radical (unpaired) electrons. The number of hydrogen-bond acceptors (Lipinski definition) is 2. The Morgan fingerprint density at radius 1 is 1.18 bits per heavy atom. The molecule has 2 fully saturated rings. The van der Waals surface area contributed by atoms with Gasteiger partial charge in [0.15, 0.2) is 0 Å². The molecule has 0 aromatic heterocycles. The van der Waals surface area contributed by atoms with Crippen LogP contribution in [-0.4, -0.2) is 36.1 Å². The standard InChI is InChI=1S/C15H30N2/c1-4-15(5-2)12-17(11-7-10-16-15)14-9-6-8-13(14)3/h13-14,16H,4-12H2,1-3H3. The molecule has 0 aromatic rings. The van der Waals surface area contributed by atoms with Crippen molar-refractivity contribution in [1.29, 1.82) is 0 Å². The van der Waals surface area contributed by atoms with Crippen LogP contribution in [0.4, 0.5) is 0 Å². The van der Waals surface area contributed by atoms with Crippen LogP contribution in [0, 0.1) is 5.92 Å². The van der Waals surface area contributed by atoms with Gasteiger partial charge in [0.25, 0.3) is 0 Å². The van der Waals surface area contributed by atoms with Crippen molar-refractivity contribution >= 4 is 0 Å². The van der Waals surface area contributed by atoms with Crippen LogP contribution in [0.3, 0.4) is 0 Å². The number of nitrogens with one attached hydrogen (secondary N) is 1. The summed E-state index contributed by atoms with van der Waals surface area (Å²) >= 11 is 0. The van der Waals surface area contributed by atoms with Crippen molar-refractivity contribution in [3.05, 3.63) is 0 Å². The van der Waals surface area contributed by atoms with Crippen molar-refractivity contribution in [1.82, 2.24) is 10.2 Å². The molecule has 0 bridgehead atoms. The lowest BCUT2D eigenvalue weighted by atomic mass is 9.91. The van der Waals surface area contributed by atoms with Crippen molar-refractivity contribution in [2.45, 2.75) is 70.9 Å². The van der Waals surface area contributed by atoms with Gasteiger partial charge in [-0.2, -0.15) is 0 Å². The highest BCUT2D eigenvalue weighted by atomic mass is 15.2. The third-order valence-electron chi connectivity index (χ3n) is 5.27. The summed E-state index contributed by atoms with van der Waals surface area (Å²) in [6, 6.07) is 0.868. The largest absolute Gasteiger partial charge is 0.310 e. The van der Waals surface area contributed by atoms with Crippen LogP contribution in [0.15, 0.2) is 0 Å². The molecule has 1 aliphatic heterocycles. The first-order valence-electron chi connectivity index (χ1n) is 7.70. The molecule has 0 aromatic carbocycles. The predicted octanol–water partition coefficient (Wildman–Crippen LogP) is 3.03. The quantitative estimate of drug-likeness (QED) is 0.813. The fourth-order valence-electron chi connectivity index (χ4n) is 3.83. The maximum Gasteiger partial charge on any atom is 0.0303 e. The lowest BCUT2D eigenvalue weighted by molar-refractivity contribution is 0.128. The van der Waals surface area contributed by atoms with Gasteiger partial charge in [-0.15, -0.1) is 0 Å². The summed E-state index contributed by atoms with van der Waals surface area (Å²) in [5.41, 5.74) is 0.388. The Labute approximate surface area is 107 Å². The normalized spacial score (nSPS) is 34.8. The minimum absolute atomic E-state index is 0.388. The van der Waals surface area contributed by atoms with E-state index in [1.165, 1.54) is 58.2 Å². The molecule has 2 aliphatic rings. The van der Waals surface area contributed by atoms with Crippen LogP contribution in [-0.2, 0) is 0 Å². The van der Waals surface area contributed by atoms with E-state index < -0.39 is 0 Å². The van der Waals surface area contributed by atoms with Crippen molar-refractivity contribution in [2.75, 3.05) is 19.6 Å². The molecule has 100 valence electrons. The van der Waals surface area contributed by atoms with E-state index in [1.807, 2.05) is 0 Å². The fourth-order valence-corrected chi connectivity index (χ4v) is 3.83. The number of nitrogens with zero attached hydrogens (tertiary/aromatic N) is 1. The van der Waals surface area contributed by atoms with Crippen molar-refractivity contribution in [3.63, 3.8) is 0 Å². The average molecular weight is 238 g/mol. The van der Waals surface area contributed by atoms with Crippen LogP contribution in [0.1, 0.15) is 59.3 Å². The smallest absolute Gasteiger partial charge is 0.0303 e. The summed E-state index contributed by atoms with van der Waals surface area (Å²) in [4.78, 5) is 2.81. The lowest BCUT2D eigenvalue weighted by Crippen LogP contribution is -2.53.